The van der Waals surface area contributed by atoms with E-state index in [1.807, 2.05) is 50.4 Å². The lowest BCUT2D eigenvalue weighted by atomic mass is 10.0. The van der Waals surface area contributed by atoms with Crippen LogP contribution in [0.2, 0.25) is 0 Å². The number of hydrogen-bond donors (Lipinski definition) is 9. The van der Waals surface area contributed by atoms with Gasteiger partial charge in [0.05, 0.1) is 0 Å². The quantitative estimate of drug-likeness (QED) is 0.0376. The highest BCUT2D eigenvalue weighted by atomic mass is 32.2. The number of carbonyl (C=O) groups excluding carboxylic acids is 8. The fraction of sp³-hybridized carbons (Fsp3) is 0.522. The number of alkyl carbamates (subject to hydrolysis) is 1. The summed E-state index contributed by atoms with van der Waals surface area (Å²) in [5.74, 6) is 1.40. The number of amides is 8. The Labute approximate surface area is 389 Å². The number of likely N-dealkylation sites (tertiary alicyclic amines) is 1. The van der Waals surface area contributed by atoms with Crippen LogP contribution in [0.15, 0.2) is 60.8 Å². The van der Waals surface area contributed by atoms with Gasteiger partial charge >= 0.3 is 6.09 Å². The first-order valence-corrected chi connectivity index (χ1v) is 23.6. The van der Waals surface area contributed by atoms with E-state index >= 15 is 0 Å². The second-order valence-corrected chi connectivity index (χ2v) is 18.8. The Bertz CT molecular complexity index is 2160. The molecule has 0 saturated carbocycles. The van der Waals surface area contributed by atoms with Gasteiger partial charge in [-0.2, -0.15) is 11.8 Å². The van der Waals surface area contributed by atoms with Crippen LogP contribution >= 0.6 is 11.8 Å². The van der Waals surface area contributed by atoms with Gasteiger partial charge in [0.25, 0.3) is 5.91 Å². The van der Waals surface area contributed by atoms with Crippen LogP contribution in [0.25, 0.3) is 10.9 Å². The molecular formula is C46H66N10O9S. The van der Waals surface area contributed by atoms with Crippen LogP contribution in [0.3, 0.4) is 0 Å². The number of hydrogen-bond acceptors (Lipinski definition) is 11. The molecule has 0 spiro atoms. The summed E-state index contributed by atoms with van der Waals surface area (Å²) in [6, 6.07) is 9.50. The van der Waals surface area contributed by atoms with Gasteiger partial charge in [-0.05, 0) is 88.0 Å². The molecule has 1 aromatic heterocycles. The summed E-state index contributed by atoms with van der Waals surface area (Å²) in [7, 11) is 0. The third kappa shape index (κ3) is 16.1. The molecule has 6 atom stereocenters. The topological polar surface area (TPSA) is 289 Å². The van der Waals surface area contributed by atoms with Crippen molar-refractivity contribution in [2.45, 2.75) is 128 Å². The van der Waals surface area contributed by atoms with Crippen LogP contribution in [0.5, 0.6) is 0 Å². The molecule has 8 amide bonds. The van der Waals surface area contributed by atoms with E-state index in [2.05, 4.69) is 37.0 Å². The number of thioether (sulfide) groups is 1. The van der Waals surface area contributed by atoms with E-state index in [0.717, 1.165) is 10.9 Å². The van der Waals surface area contributed by atoms with E-state index in [4.69, 9.17) is 16.3 Å². The van der Waals surface area contributed by atoms with Crippen molar-refractivity contribution in [3.05, 3.63) is 71.9 Å². The van der Waals surface area contributed by atoms with Gasteiger partial charge in [-0.1, -0.05) is 62.4 Å². The Balaban J connectivity index is 1.64. The highest BCUT2D eigenvalue weighted by Crippen LogP contribution is 2.23. The second kappa shape index (κ2) is 24.9. The molecule has 3 aromatic rings. The Morgan fingerprint density at radius 2 is 1.41 bits per heavy atom. The predicted octanol–water partition coefficient (Wildman–Crippen LogP) is 1.83. The van der Waals surface area contributed by atoms with E-state index in [-0.39, 0.29) is 51.0 Å². The summed E-state index contributed by atoms with van der Waals surface area (Å²) in [5.41, 5.74) is 8.74. The maximum atomic E-state index is 14.8. The van der Waals surface area contributed by atoms with E-state index < -0.39 is 89.3 Å². The monoisotopic (exact) mass is 934 g/mol. The number of nitrogens with zero attached hydrogens (tertiary/aromatic N) is 1. The highest BCUT2D eigenvalue weighted by molar-refractivity contribution is 7.98. The zero-order valence-electron chi connectivity index (χ0n) is 38.6. The summed E-state index contributed by atoms with van der Waals surface area (Å²) in [6.07, 6.45) is 3.45. The molecular weight excluding hydrogens is 869 g/mol. The standard InChI is InChI=1S/C46H66N10O9S/c1-27(2)23-34(40(59)50-33(20-22-66-6)42(61)55-48)52-43(62)37-17-12-21-56(37)44(63)36(24-28-13-8-7-9-14-28)53-41(60)35(25-29-26-49-31-16-11-10-15-30(29)31)51-39(58)32(18-19-38(47)57)54-45(64)65-46(3,4)5/h7-11,13-16,26-27,32-37,49H,12,17-25,48H2,1-6H3,(H2,47,57)(H,50,59)(H,51,58)(H,52,62)(H,53,60)(H,54,64)(H,55,61)/t32-,33-,34-,35-,36-,37+/m0/s1. The van der Waals surface area contributed by atoms with Gasteiger partial charge in [0, 0.05) is 42.9 Å². The molecule has 1 fully saturated rings. The molecule has 1 saturated heterocycles. The number of primary amides is 1. The molecule has 0 radical (unpaired) electrons. The lowest BCUT2D eigenvalue weighted by Gasteiger charge is -2.31. The molecule has 1 aliphatic heterocycles. The molecule has 20 heteroatoms. The number of para-hydroxylation sites is 1. The summed E-state index contributed by atoms with van der Waals surface area (Å²) < 4.78 is 5.37. The molecule has 0 bridgehead atoms. The third-order valence-corrected chi connectivity index (χ3v) is 11.5. The summed E-state index contributed by atoms with van der Waals surface area (Å²) >= 11 is 1.49. The number of H-pyrrole nitrogens is 1. The molecule has 2 aromatic carbocycles. The number of nitrogens with two attached hydrogens (primary N) is 2. The number of aromatic amines is 1. The maximum absolute atomic E-state index is 14.8. The number of nitrogens with one attached hydrogen (secondary N) is 7. The average Bonchev–Trinajstić information content (AvgIpc) is 3.92. The summed E-state index contributed by atoms with van der Waals surface area (Å²) in [4.78, 5) is 113. The Hall–Kier alpha value is -6.15. The SMILES string of the molecule is CSCC[C@H](NC(=O)[C@H](CC(C)C)NC(=O)[C@H]1CCCN1C(=O)[C@H](Cc1ccccc1)NC(=O)[C@H](Cc1c[nH]c2ccccc12)NC(=O)[C@H](CCC(N)=O)NC(=O)OC(C)(C)C)C(=O)NN. The maximum Gasteiger partial charge on any atom is 0.408 e. The van der Waals surface area contributed by atoms with E-state index in [1.165, 1.54) is 16.7 Å². The highest BCUT2D eigenvalue weighted by Gasteiger charge is 2.40. The van der Waals surface area contributed by atoms with Crippen LogP contribution in [0.1, 0.15) is 84.3 Å². The molecule has 1 aliphatic rings. The lowest BCUT2D eigenvalue weighted by Crippen LogP contribution is -2.60. The smallest absolute Gasteiger partial charge is 0.408 e. The molecule has 2 heterocycles. The van der Waals surface area contributed by atoms with Crippen LogP contribution in [-0.4, -0.2) is 118 Å². The molecule has 66 heavy (non-hydrogen) atoms. The van der Waals surface area contributed by atoms with Crippen molar-refractivity contribution in [3.63, 3.8) is 0 Å². The van der Waals surface area contributed by atoms with Crippen molar-refractivity contribution < 1.29 is 43.1 Å². The normalized spacial score (nSPS) is 16.0. The summed E-state index contributed by atoms with van der Waals surface area (Å²) in [6.45, 7) is 8.90. The van der Waals surface area contributed by atoms with Crippen LogP contribution in [0.4, 0.5) is 4.79 Å². The van der Waals surface area contributed by atoms with Crippen molar-refractivity contribution in [1.82, 2.24) is 41.9 Å². The fourth-order valence-electron chi connectivity index (χ4n) is 7.68. The minimum Gasteiger partial charge on any atom is -0.444 e. The molecule has 4 rings (SSSR count). The fourth-order valence-corrected chi connectivity index (χ4v) is 8.15. The Morgan fingerprint density at radius 1 is 0.788 bits per heavy atom. The molecule has 11 N–H and O–H groups in total. The number of aromatic nitrogens is 1. The van der Waals surface area contributed by atoms with Crippen molar-refractivity contribution in [1.29, 1.82) is 0 Å². The molecule has 360 valence electrons. The zero-order valence-corrected chi connectivity index (χ0v) is 39.4. The minimum atomic E-state index is -1.34. The van der Waals surface area contributed by atoms with Crippen LogP contribution in [-0.2, 0) is 51.1 Å². The number of benzene rings is 2. The Kier molecular flexibility index (Phi) is 19.8. The first kappa shape index (κ1) is 52.5. The van der Waals surface area contributed by atoms with Gasteiger partial charge in [0.15, 0.2) is 0 Å². The number of hydrazine groups is 1. The van der Waals surface area contributed by atoms with Gasteiger partial charge in [0.2, 0.25) is 35.4 Å². The van der Waals surface area contributed by atoms with E-state index in [9.17, 15) is 38.4 Å². The molecule has 19 nitrogen and oxygen atoms in total. The van der Waals surface area contributed by atoms with Crippen molar-refractivity contribution >= 4 is 70.1 Å². The minimum absolute atomic E-state index is 0.0183. The second-order valence-electron chi connectivity index (χ2n) is 17.8. The lowest BCUT2D eigenvalue weighted by molar-refractivity contribution is -0.142. The van der Waals surface area contributed by atoms with E-state index in [0.29, 0.717) is 29.7 Å². The molecule has 0 unspecified atom stereocenters. The van der Waals surface area contributed by atoms with E-state index in [1.54, 1.807) is 51.2 Å². The van der Waals surface area contributed by atoms with Gasteiger partial charge in [-0.15, -0.1) is 0 Å². The largest absolute Gasteiger partial charge is 0.444 e. The third-order valence-electron chi connectivity index (χ3n) is 10.9. The Morgan fingerprint density at radius 3 is 2.06 bits per heavy atom. The van der Waals surface area contributed by atoms with Crippen molar-refractivity contribution in [2.24, 2.45) is 17.5 Å². The summed E-state index contributed by atoms with van der Waals surface area (Å²) in [5, 5.41) is 14.5. The number of ether oxygens (including phenoxy) is 1. The number of rotatable bonds is 23. The number of carbonyl (C=O) groups is 8. The average molecular weight is 935 g/mol. The van der Waals surface area contributed by atoms with Gasteiger partial charge in [-0.3, -0.25) is 39.0 Å². The van der Waals surface area contributed by atoms with Crippen molar-refractivity contribution in [3.8, 4) is 0 Å². The predicted molar refractivity (Wildman–Crippen MR) is 251 cm³/mol. The first-order chi connectivity index (χ1) is 31.3. The number of fused-ring (bicyclic) bond motifs is 1. The first-order valence-electron chi connectivity index (χ1n) is 22.2. The van der Waals surface area contributed by atoms with Gasteiger partial charge in [0.1, 0.15) is 41.9 Å². The van der Waals surface area contributed by atoms with Crippen LogP contribution in [0, 0.1) is 5.92 Å². The van der Waals surface area contributed by atoms with Crippen molar-refractivity contribution in [2.75, 3.05) is 18.6 Å². The van der Waals surface area contributed by atoms with Gasteiger partial charge < -0.3 is 46.9 Å². The zero-order chi connectivity index (χ0) is 48.6. The van der Waals surface area contributed by atoms with Crippen LogP contribution < -0.4 is 43.6 Å². The van der Waals surface area contributed by atoms with Gasteiger partial charge in [-0.25, -0.2) is 10.6 Å². The molecule has 0 aliphatic carbocycles.